The van der Waals surface area contributed by atoms with Crippen LogP contribution in [0.15, 0.2) is 48.0 Å². The van der Waals surface area contributed by atoms with Crippen LogP contribution in [0.3, 0.4) is 0 Å². The van der Waals surface area contributed by atoms with Crippen molar-refractivity contribution in [1.29, 1.82) is 0 Å². The van der Waals surface area contributed by atoms with Crippen LogP contribution in [0.25, 0.3) is 5.13 Å². The molecule has 1 amide bonds. The van der Waals surface area contributed by atoms with Crippen LogP contribution >= 0.6 is 11.3 Å². The van der Waals surface area contributed by atoms with E-state index in [1.807, 2.05) is 48.1 Å². The molecular formula is C22H26N4O2S. The number of rotatable bonds is 6. The molecule has 1 aliphatic heterocycles. The summed E-state index contributed by atoms with van der Waals surface area (Å²) in [5, 5.41) is 6.10. The Bertz CT molecular complexity index is 947. The first-order valence-corrected chi connectivity index (χ1v) is 10.8. The molecule has 3 aromatic rings. The SMILES string of the molecule is Cc1cc(C(=O)NC(CN2CCOCC2)c2ccccc2)c(C)n1-c1nccs1. The molecule has 0 aliphatic carbocycles. The lowest BCUT2D eigenvalue weighted by Crippen LogP contribution is -2.43. The summed E-state index contributed by atoms with van der Waals surface area (Å²) in [7, 11) is 0. The number of nitrogens with one attached hydrogen (secondary N) is 1. The maximum absolute atomic E-state index is 13.2. The normalized spacial score (nSPS) is 15.9. The lowest BCUT2D eigenvalue weighted by atomic mass is 10.1. The number of carbonyl (C=O) groups is 1. The fourth-order valence-electron chi connectivity index (χ4n) is 3.81. The summed E-state index contributed by atoms with van der Waals surface area (Å²) in [4.78, 5) is 20.0. The first-order valence-electron chi connectivity index (χ1n) is 9.88. The summed E-state index contributed by atoms with van der Waals surface area (Å²) in [6, 6.07) is 12.0. The van der Waals surface area contributed by atoms with Crippen LogP contribution in [-0.2, 0) is 4.74 Å². The molecule has 0 radical (unpaired) electrons. The molecular weight excluding hydrogens is 384 g/mol. The molecule has 0 saturated carbocycles. The van der Waals surface area contributed by atoms with Gasteiger partial charge in [-0.05, 0) is 25.5 Å². The number of hydrogen-bond acceptors (Lipinski definition) is 5. The number of ether oxygens (including phenoxy) is 1. The third-order valence-electron chi connectivity index (χ3n) is 5.34. The third kappa shape index (κ3) is 4.42. The fourth-order valence-corrected chi connectivity index (χ4v) is 4.56. The minimum atomic E-state index is -0.0790. The highest BCUT2D eigenvalue weighted by Crippen LogP contribution is 2.23. The smallest absolute Gasteiger partial charge is 0.253 e. The Labute approximate surface area is 175 Å². The standard InChI is InChI=1S/C22H26N4O2S/c1-16-14-19(17(2)26(16)22-23-8-13-29-22)21(27)24-20(18-6-4-3-5-7-18)15-25-9-11-28-12-10-25/h3-8,13-14,20H,9-12,15H2,1-2H3,(H,24,27). The van der Waals surface area contributed by atoms with E-state index in [2.05, 4.69) is 27.3 Å². The largest absolute Gasteiger partial charge is 0.379 e. The van der Waals surface area contributed by atoms with Gasteiger partial charge >= 0.3 is 0 Å². The molecule has 1 unspecified atom stereocenters. The molecule has 29 heavy (non-hydrogen) atoms. The first kappa shape index (κ1) is 19.8. The van der Waals surface area contributed by atoms with E-state index in [1.165, 1.54) is 0 Å². The maximum atomic E-state index is 13.2. The predicted octanol–water partition coefficient (Wildman–Crippen LogP) is 3.35. The van der Waals surface area contributed by atoms with Gasteiger partial charge in [0.25, 0.3) is 5.91 Å². The molecule has 152 valence electrons. The molecule has 4 rings (SSSR count). The van der Waals surface area contributed by atoms with Crippen molar-refractivity contribution in [3.05, 3.63) is 70.5 Å². The van der Waals surface area contributed by atoms with Crippen molar-refractivity contribution >= 4 is 17.2 Å². The Morgan fingerprint density at radius 3 is 2.69 bits per heavy atom. The number of benzene rings is 1. The van der Waals surface area contributed by atoms with Gasteiger partial charge in [-0.1, -0.05) is 30.3 Å². The summed E-state index contributed by atoms with van der Waals surface area (Å²) in [6.45, 7) is 8.01. The summed E-state index contributed by atoms with van der Waals surface area (Å²) >= 11 is 1.57. The Kier molecular flexibility index (Phi) is 6.08. The first-order chi connectivity index (χ1) is 14.1. The van der Waals surface area contributed by atoms with E-state index in [0.29, 0.717) is 5.56 Å². The Morgan fingerprint density at radius 1 is 1.24 bits per heavy atom. The molecule has 3 heterocycles. The number of morpholine rings is 1. The van der Waals surface area contributed by atoms with Crippen molar-refractivity contribution in [1.82, 2.24) is 19.8 Å². The molecule has 6 nitrogen and oxygen atoms in total. The van der Waals surface area contributed by atoms with Crippen LogP contribution in [-0.4, -0.2) is 53.2 Å². The van der Waals surface area contributed by atoms with E-state index >= 15 is 0 Å². The Morgan fingerprint density at radius 2 is 2.00 bits per heavy atom. The zero-order chi connectivity index (χ0) is 20.2. The van der Waals surface area contributed by atoms with E-state index < -0.39 is 0 Å². The van der Waals surface area contributed by atoms with Crippen molar-refractivity contribution in [3.63, 3.8) is 0 Å². The number of hydrogen-bond donors (Lipinski definition) is 1. The Balaban J connectivity index is 1.57. The highest BCUT2D eigenvalue weighted by Gasteiger charge is 2.23. The van der Waals surface area contributed by atoms with Gasteiger partial charge in [0, 0.05) is 42.6 Å². The highest BCUT2D eigenvalue weighted by atomic mass is 32.1. The fraction of sp³-hybridized carbons (Fsp3) is 0.364. The van der Waals surface area contributed by atoms with Gasteiger partial charge in [0.1, 0.15) is 0 Å². The van der Waals surface area contributed by atoms with E-state index in [0.717, 1.165) is 54.9 Å². The van der Waals surface area contributed by atoms with E-state index in [1.54, 1.807) is 17.5 Å². The van der Waals surface area contributed by atoms with Crippen LogP contribution in [0.1, 0.15) is 33.4 Å². The van der Waals surface area contributed by atoms with Gasteiger partial charge in [-0.3, -0.25) is 14.3 Å². The van der Waals surface area contributed by atoms with Gasteiger partial charge < -0.3 is 10.1 Å². The highest BCUT2D eigenvalue weighted by molar-refractivity contribution is 7.12. The quantitative estimate of drug-likeness (QED) is 0.677. The number of aromatic nitrogens is 2. The van der Waals surface area contributed by atoms with E-state index in [4.69, 9.17) is 4.74 Å². The van der Waals surface area contributed by atoms with Crippen molar-refractivity contribution in [2.24, 2.45) is 0 Å². The number of carbonyl (C=O) groups excluding carboxylic acids is 1. The molecule has 1 fully saturated rings. The van der Waals surface area contributed by atoms with Crippen LogP contribution in [0.2, 0.25) is 0 Å². The van der Waals surface area contributed by atoms with Gasteiger partial charge in [0.05, 0.1) is 24.8 Å². The van der Waals surface area contributed by atoms with Crippen molar-refractivity contribution in [2.45, 2.75) is 19.9 Å². The van der Waals surface area contributed by atoms with Gasteiger partial charge in [0.15, 0.2) is 5.13 Å². The van der Waals surface area contributed by atoms with Crippen LogP contribution in [0.4, 0.5) is 0 Å². The van der Waals surface area contributed by atoms with Gasteiger partial charge in [-0.2, -0.15) is 0 Å². The van der Waals surface area contributed by atoms with Crippen LogP contribution < -0.4 is 5.32 Å². The van der Waals surface area contributed by atoms with Gasteiger partial charge in [0.2, 0.25) is 0 Å². The second-order valence-corrected chi connectivity index (χ2v) is 8.16. The minimum Gasteiger partial charge on any atom is -0.379 e. The average molecular weight is 411 g/mol. The zero-order valence-corrected chi connectivity index (χ0v) is 17.6. The predicted molar refractivity (Wildman–Crippen MR) is 115 cm³/mol. The number of aryl methyl sites for hydroxylation is 1. The molecule has 0 spiro atoms. The van der Waals surface area contributed by atoms with Crippen molar-refractivity contribution < 1.29 is 9.53 Å². The number of nitrogens with zero attached hydrogens (tertiary/aromatic N) is 3. The number of amides is 1. The summed E-state index contributed by atoms with van der Waals surface area (Å²) < 4.78 is 7.51. The third-order valence-corrected chi connectivity index (χ3v) is 6.09. The molecule has 7 heteroatoms. The summed E-state index contributed by atoms with van der Waals surface area (Å²) in [6.07, 6.45) is 1.78. The topological polar surface area (TPSA) is 59.4 Å². The molecule has 1 aliphatic rings. The number of thiazole rings is 1. The molecule has 1 atom stereocenters. The molecule has 1 aromatic carbocycles. The van der Waals surface area contributed by atoms with E-state index in [-0.39, 0.29) is 11.9 Å². The minimum absolute atomic E-state index is 0.0528. The zero-order valence-electron chi connectivity index (χ0n) is 16.8. The molecule has 1 saturated heterocycles. The average Bonchev–Trinajstić information content (AvgIpc) is 3.36. The summed E-state index contributed by atoms with van der Waals surface area (Å²) in [5.74, 6) is -0.0528. The Hall–Kier alpha value is -2.48. The second kappa shape index (κ2) is 8.90. The van der Waals surface area contributed by atoms with Crippen LogP contribution in [0.5, 0.6) is 0 Å². The van der Waals surface area contributed by atoms with Gasteiger partial charge in [-0.25, -0.2) is 4.98 Å². The van der Waals surface area contributed by atoms with Gasteiger partial charge in [-0.15, -0.1) is 11.3 Å². The molecule has 2 aromatic heterocycles. The lowest BCUT2D eigenvalue weighted by molar-refractivity contribution is 0.0332. The van der Waals surface area contributed by atoms with E-state index in [9.17, 15) is 4.79 Å². The second-order valence-electron chi connectivity index (χ2n) is 7.28. The molecule has 1 N–H and O–H groups in total. The van der Waals surface area contributed by atoms with Crippen molar-refractivity contribution in [2.75, 3.05) is 32.8 Å². The molecule has 0 bridgehead atoms. The monoisotopic (exact) mass is 410 g/mol. The maximum Gasteiger partial charge on any atom is 0.253 e. The lowest BCUT2D eigenvalue weighted by Gasteiger charge is -2.31. The summed E-state index contributed by atoms with van der Waals surface area (Å²) in [5.41, 5.74) is 3.72. The van der Waals surface area contributed by atoms with Crippen LogP contribution in [0, 0.1) is 13.8 Å². The van der Waals surface area contributed by atoms with Crippen molar-refractivity contribution in [3.8, 4) is 5.13 Å².